The number of allylic oxidation sites excluding steroid dienone is 1. The minimum atomic E-state index is -0.843. The quantitative estimate of drug-likeness (QED) is 0.253. The van der Waals surface area contributed by atoms with Gasteiger partial charge in [-0.05, 0) is 31.5 Å². The Labute approximate surface area is 216 Å². The van der Waals surface area contributed by atoms with Gasteiger partial charge in [0.1, 0.15) is 5.92 Å². The number of aromatic nitrogens is 1. The fraction of sp³-hybridized carbons (Fsp3) is 0.231. The van der Waals surface area contributed by atoms with Crippen LogP contribution in [0.3, 0.4) is 0 Å². The van der Waals surface area contributed by atoms with Crippen molar-refractivity contribution in [2.24, 2.45) is 10.9 Å². The van der Waals surface area contributed by atoms with E-state index in [4.69, 9.17) is 9.47 Å². The molecule has 2 atom stereocenters. The highest BCUT2D eigenvalue weighted by atomic mass is 32.1. The number of benzene rings is 2. The molecule has 0 saturated carbocycles. The van der Waals surface area contributed by atoms with Crippen molar-refractivity contribution in [2.75, 3.05) is 19.5 Å². The molecule has 0 saturated heterocycles. The van der Waals surface area contributed by atoms with Gasteiger partial charge >= 0.3 is 11.9 Å². The molecule has 1 aliphatic heterocycles. The Morgan fingerprint density at radius 1 is 1.05 bits per heavy atom. The summed E-state index contributed by atoms with van der Waals surface area (Å²) < 4.78 is 10.1. The Morgan fingerprint density at radius 3 is 2.46 bits per heavy atom. The van der Waals surface area contributed by atoms with Crippen LogP contribution in [0, 0.1) is 16.0 Å². The molecule has 0 bridgehead atoms. The van der Waals surface area contributed by atoms with E-state index < -0.39 is 28.7 Å². The summed E-state index contributed by atoms with van der Waals surface area (Å²) in [4.78, 5) is 45.8. The van der Waals surface area contributed by atoms with Gasteiger partial charge in [-0.1, -0.05) is 30.3 Å². The molecule has 1 N–H and O–H groups in total. The van der Waals surface area contributed by atoms with Crippen molar-refractivity contribution in [3.8, 4) is 11.3 Å². The molecule has 2 aromatic carbocycles. The topological polar surface area (TPSA) is 133 Å². The number of hydrogen-bond donors (Lipinski definition) is 1. The molecule has 4 rings (SSSR count). The van der Waals surface area contributed by atoms with E-state index in [1.165, 1.54) is 31.6 Å². The van der Waals surface area contributed by atoms with E-state index in [1.807, 2.05) is 12.1 Å². The monoisotopic (exact) mass is 520 g/mol. The molecule has 190 valence electrons. The van der Waals surface area contributed by atoms with Crippen molar-refractivity contribution in [3.05, 3.63) is 80.9 Å². The minimum absolute atomic E-state index is 0.0408. The van der Waals surface area contributed by atoms with Crippen LogP contribution < -0.4 is 5.32 Å². The number of methoxy groups -OCH3 is 2. The SMILES string of the molecule is COC(=O)C1=C(C)N=C(C)C(C(=O)OC)C1c1ccccc1Nc1nc(-c2ccccc2[N+](=O)[O-])cs1. The molecule has 1 aromatic heterocycles. The maximum atomic E-state index is 12.9. The second-order valence-corrected chi connectivity index (χ2v) is 9.10. The number of carbonyl (C=O) groups is 2. The van der Waals surface area contributed by atoms with Crippen LogP contribution in [0.25, 0.3) is 11.3 Å². The third kappa shape index (κ3) is 4.98. The van der Waals surface area contributed by atoms with Gasteiger partial charge in [-0.25, -0.2) is 9.78 Å². The maximum absolute atomic E-state index is 12.9. The molecule has 3 aromatic rings. The van der Waals surface area contributed by atoms with E-state index in [1.54, 1.807) is 49.6 Å². The van der Waals surface area contributed by atoms with Crippen LogP contribution in [0.2, 0.25) is 0 Å². The van der Waals surface area contributed by atoms with E-state index in [9.17, 15) is 19.7 Å². The van der Waals surface area contributed by atoms with Crippen LogP contribution in [0.15, 0.2) is 70.2 Å². The Bertz CT molecular complexity index is 1440. The Kier molecular flexibility index (Phi) is 7.44. The lowest BCUT2D eigenvalue weighted by Crippen LogP contribution is -2.36. The van der Waals surface area contributed by atoms with Gasteiger partial charge in [0.2, 0.25) is 0 Å². The van der Waals surface area contributed by atoms with Crippen LogP contribution in [-0.4, -0.2) is 41.8 Å². The van der Waals surface area contributed by atoms with Gasteiger partial charge in [0.05, 0.1) is 36.0 Å². The molecule has 0 fully saturated rings. The summed E-state index contributed by atoms with van der Waals surface area (Å²) in [5.74, 6) is -2.68. The number of rotatable bonds is 7. The number of para-hydroxylation sites is 2. The lowest BCUT2D eigenvalue weighted by atomic mass is 9.75. The van der Waals surface area contributed by atoms with Crippen molar-refractivity contribution in [3.63, 3.8) is 0 Å². The zero-order chi connectivity index (χ0) is 26.7. The summed E-state index contributed by atoms with van der Waals surface area (Å²) >= 11 is 1.28. The largest absolute Gasteiger partial charge is 0.468 e. The Hall–Kier alpha value is -4.38. The summed E-state index contributed by atoms with van der Waals surface area (Å²) in [6.07, 6.45) is 0. The van der Waals surface area contributed by atoms with Crippen LogP contribution in [0.1, 0.15) is 25.3 Å². The minimum Gasteiger partial charge on any atom is -0.468 e. The van der Waals surface area contributed by atoms with Crippen molar-refractivity contribution < 1.29 is 24.0 Å². The smallest absolute Gasteiger partial charge is 0.336 e. The second kappa shape index (κ2) is 10.7. The second-order valence-electron chi connectivity index (χ2n) is 8.25. The number of carbonyl (C=O) groups excluding carboxylic acids is 2. The third-order valence-electron chi connectivity index (χ3n) is 6.11. The van der Waals surface area contributed by atoms with E-state index in [0.29, 0.717) is 39.0 Å². The third-order valence-corrected chi connectivity index (χ3v) is 6.86. The first-order valence-corrected chi connectivity index (χ1v) is 12.1. The average Bonchev–Trinajstić information content (AvgIpc) is 3.36. The standard InChI is InChI=1S/C26H24N4O6S/c1-14-21(24(31)35-3)23(22(15(2)27-14)25(32)36-4)17-10-5-7-11-18(17)28-26-29-19(13-37-26)16-9-6-8-12-20(16)30(33)34/h5-13,21,23H,1-4H3,(H,28,29). The first-order chi connectivity index (χ1) is 17.8. The summed E-state index contributed by atoms with van der Waals surface area (Å²) in [6, 6.07) is 13.6. The summed E-state index contributed by atoms with van der Waals surface area (Å²) in [5.41, 5.74) is 3.31. The molecule has 0 amide bonds. The fourth-order valence-corrected chi connectivity index (χ4v) is 5.20. The molecule has 37 heavy (non-hydrogen) atoms. The Morgan fingerprint density at radius 2 is 1.76 bits per heavy atom. The lowest BCUT2D eigenvalue weighted by molar-refractivity contribution is -0.384. The number of nitro benzene ring substituents is 1. The fourth-order valence-electron chi connectivity index (χ4n) is 4.48. The lowest BCUT2D eigenvalue weighted by Gasteiger charge is -2.32. The van der Waals surface area contributed by atoms with Crippen molar-refractivity contribution in [2.45, 2.75) is 19.8 Å². The molecular formula is C26H24N4O6S. The highest BCUT2D eigenvalue weighted by Gasteiger charge is 2.43. The van der Waals surface area contributed by atoms with Crippen LogP contribution in [0.5, 0.6) is 0 Å². The number of anilines is 2. The number of aliphatic imine (C=N–C) groups is 1. The van der Waals surface area contributed by atoms with E-state index in [0.717, 1.165) is 0 Å². The number of thiazole rings is 1. The maximum Gasteiger partial charge on any atom is 0.336 e. The number of nitrogens with one attached hydrogen (secondary N) is 1. The highest BCUT2D eigenvalue weighted by Crippen LogP contribution is 2.43. The molecule has 0 radical (unpaired) electrons. The summed E-state index contributed by atoms with van der Waals surface area (Å²) in [5, 5.41) is 16.9. The number of ether oxygens (including phenoxy) is 2. The molecule has 2 heterocycles. The molecular weight excluding hydrogens is 496 g/mol. The number of esters is 2. The van der Waals surface area contributed by atoms with Gasteiger partial charge in [0.15, 0.2) is 5.13 Å². The zero-order valence-corrected chi connectivity index (χ0v) is 21.4. The highest BCUT2D eigenvalue weighted by molar-refractivity contribution is 7.14. The van der Waals surface area contributed by atoms with Gasteiger partial charge in [-0.3, -0.25) is 19.9 Å². The summed E-state index contributed by atoms with van der Waals surface area (Å²) in [7, 11) is 2.57. The van der Waals surface area contributed by atoms with E-state index in [-0.39, 0.29) is 11.3 Å². The first-order valence-electron chi connectivity index (χ1n) is 11.2. The van der Waals surface area contributed by atoms with Crippen molar-refractivity contribution >= 4 is 45.5 Å². The zero-order valence-electron chi connectivity index (χ0n) is 20.6. The number of hydrogen-bond acceptors (Lipinski definition) is 10. The van der Waals surface area contributed by atoms with Gasteiger partial charge in [-0.2, -0.15) is 0 Å². The average molecular weight is 521 g/mol. The predicted octanol–water partition coefficient (Wildman–Crippen LogP) is 5.26. The molecule has 1 aliphatic rings. The molecule has 0 aliphatic carbocycles. The first kappa shape index (κ1) is 25.7. The van der Waals surface area contributed by atoms with Gasteiger partial charge in [0, 0.05) is 34.5 Å². The van der Waals surface area contributed by atoms with Crippen LogP contribution in [0.4, 0.5) is 16.5 Å². The van der Waals surface area contributed by atoms with E-state index >= 15 is 0 Å². The molecule has 2 unspecified atom stereocenters. The van der Waals surface area contributed by atoms with Crippen molar-refractivity contribution in [1.29, 1.82) is 0 Å². The van der Waals surface area contributed by atoms with Gasteiger partial charge in [0.25, 0.3) is 5.69 Å². The van der Waals surface area contributed by atoms with E-state index in [2.05, 4.69) is 15.3 Å². The number of nitrogens with zero attached hydrogens (tertiary/aromatic N) is 3. The molecule has 10 nitrogen and oxygen atoms in total. The number of nitro groups is 1. The summed E-state index contributed by atoms with van der Waals surface area (Å²) in [6.45, 7) is 3.42. The van der Waals surface area contributed by atoms with Crippen LogP contribution >= 0.6 is 11.3 Å². The molecule has 0 spiro atoms. The normalized spacial score (nSPS) is 17.1. The van der Waals surface area contributed by atoms with Crippen LogP contribution in [-0.2, 0) is 19.1 Å². The predicted molar refractivity (Wildman–Crippen MR) is 140 cm³/mol. The van der Waals surface area contributed by atoms with Gasteiger partial charge in [-0.15, -0.1) is 11.3 Å². The van der Waals surface area contributed by atoms with Crippen molar-refractivity contribution in [1.82, 2.24) is 4.98 Å². The molecule has 11 heteroatoms. The Balaban J connectivity index is 1.78. The van der Waals surface area contributed by atoms with Gasteiger partial charge < -0.3 is 14.8 Å².